The van der Waals surface area contributed by atoms with Crippen molar-refractivity contribution in [2.24, 2.45) is 0 Å². The zero-order valence-corrected chi connectivity index (χ0v) is 15.3. The lowest BCUT2D eigenvalue weighted by Crippen LogP contribution is -2.11. The summed E-state index contributed by atoms with van der Waals surface area (Å²) in [5.41, 5.74) is 2.49. The van der Waals surface area contributed by atoms with E-state index in [-0.39, 0.29) is 5.91 Å². The van der Waals surface area contributed by atoms with Crippen LogP contribution in [0.25, 0.3) is 0 Å². The summed E-state index contributed by atoms with van der Waals surface area (Å²) < 4.78 is 5.53. The van der Waals surface area contributed by atoms with Crippen LogP contribution in [0, 0.1) is 0 Å². The lowest BCUT2D eigenvalue weighted by atomic mass is 10.1. The second kappa shape index (κ2) is 8.73. The summed E-state index contributed by atoms with van der Waals surface area (Å²) >= 11 is 3.13. The molecular weight excluding hydrogens is 354 g/mol. The van der Waals surface area contributed by atoms with Crippen molar-refractivity contribution in [2.75, 3.05) is 11.6 Å². The Kier molecular flexibility index (Phi) is 6.14. The molecule has 0 spiro atoms. The lowest BCUT2D eigenvalue weighted by molar-refractivity contribution is 0.102. The maximum atomic E-state index is 12.2. The van der Waals surface area contributed by atoms with E-state index in [4.69, 9.17) is 4.42 Å². The number of hydrogen-bond donors (Lipinski definition) is 1. The Labute approximate surface area is 154 Å². The van der Waals surface area contributed by atoms with Crippen LogP contribution in [-0.2, 0) is 11.5 Å². The number of carbonyl (C=O) groups excluding carboxylic acids is 1. The van der Waals surface area contributed by atoms with E-state index in [1.807, 2.05) is 60.9 Å². The molecule has 1 N–H and O–H groups in total. The Morgan fingerprint density at radius 2 is 1.80 bits per heavy atom. The van der Waals surface area contributed by atoms with Gasteiger partial charge in [-0.2, -0.15) is 11.8 Å². The lowest BCUT2D eigenvalue weighted by Gasteiger charge is -2.05. The van der Waals surface area contributed by atoms with Gasteiger partial charge in [-0.1, -0.05) is 42.1 Å². The largest absolute Gasteiger partial charge is 0.415 e. The molecule has 25 heavy (non-hydrogen) atoms. The maximum Gasteiger partial charge on any atom is 0.276 e. The first kappa shape index (κ1) is 17.6. The van der Waals surface area contributed by atoms with Gasteiger partial charge in [0.1, 0.15) is 0 Å². The number of thioether (sulfide) groups is 2. The molecule has 2 aromatic carbocycles. The van der Waals surface area contributed by atoms with E-state index < -0.39 is 0 Å². The number of carbonyl (C=O) groups is 1. The van der Waals surface area contributed by atoms with Crippen LogP contribution in [0.4, 0.5) is 5.69 Å². The van der Waals surface area contributed by atoms with Crippen molar-refractivity contribution in [2.45, 2.75) is 16.7 Å². The van der Waals surface area contributed by atoms with Gasteiger partial charge >= 0.3 is 0 Å². The van der Waals surface area contributed by atoms with Crippen molar-refractivity contribution in [1.29, 1.82) is 0 Å². The molecule has 0 aliphatic heterocycles. The first-order valence-corrected chi connectivity index (χ1v) is 10.0. The van der Waals surface area contributed by atoms with Crippen LogP contribution in [0.3, 0.4) is 0 Å². The standard InChI is InChI=1S/C18H17N3O2S2/c1-24-12-16-20-21-18(23-16)25-11-13-7-9-14(10-8-13)17(22)19-15-5-3-2-4-6-15/h2-10H,11-12H2,1H3,(H,19,22). The number of amides is 1. The molecule has 0 bridgehead atoms. The predicted molar refractivity (Wildman–Crippen MR) is 102 cm³/mol. The van der Waals surface area contributed by atoms with Crippen molar-refractivity contribution in [1.82, 2.24) is 10.2 Å². The quantitative estimate of drug-likeness (QED) is 0.618. The average Bonchev–Trinajstić information content (AvgIpc) is 3.09. The fourth-order valence-electron chi connectivity index (χ4n) is 2.10. The summed E-state index contributed by atoms with van der Waals surface area (Å²) in [6.45, 7) is 0. The SMILES string of the molecule is CSCc1nnc(SCc2ccc(C(=O)Nc3ccccc3)cc2)o1. The van der Waals surface area contributed by atoms with Crippen LogP contribution in [0.5, 0.6) is 0 Å². The fraction of sp³-hybridized carbons (Fsp3) is 0.167. The van der Waals surface area contributed by atoms with Crippen LogP contribution in [0.15, 0.2) is 64.2 Å². The van der Waals surface area contributed by atoms with Gasteiger partial charge in [0.15, 0.2) is 0 Å². The molecule has 0 saturated heterocycles. The average molecular weight is 371 g/mol. The molecule has 3 aromatic rings. The summed E-state index contributed by atoms with van der Waals surface area (Å²) in [5.74, 6) is 1.95. The minimum absolute atomic E-state index is 0.121. The number of para-hydroxylation sites is 1. The summed E-state index contributed by atoms with van der Waals surface area (Å²) in [6, 6.07) is 16.9. The van der Waals surface area contributed by atoms with Crippen molar-refractivity contribution in [3.8, 4) is 0 Å². The number of hydrogen-bond acceptors (Lipinski definition) is 6. The molecule has 128 valence electrons. The van der Waals surface area contributed by atoms with Gasteiger partial charge in [0.2, 0.25) is 5.89 Å². The third kappa shape index (κ3) is 5.11. The first-order valence-electron chi connectivity index (χ1n) is 7.64. The summed E-state index contributed by atoms with van der Waals surface area (Å²) in [7, 11) is 0. The Hall–Kier alpha value is -2.25. The number of rotatable bonds is 7. The second-order valence-corrected chi connectivity index (χ2v) is 6.99. The highest BCUT2D eigenvalue weighted by atomic mass is 32.2. The van der Waals surface area contributed by atoms with Gasteiger partial charge in [0.05, 0.1) is 5.75 Å². The monoisotopic (exact) mass is 371 g/mol. The summed E-state index contributed by atoms with van der Waals surface area (Å²) in [6.07, 6.45) is 1.99. The van der Waals surface area contributed by atoms with E-state index in [1.54, 1.807) is 11.8 Å². The van der Waals surface area contributed by atoms with Gasteiger partial charge in [-0.15, -0.1) is 10.2 Å². The van der Waals surface area contributed by atoms with Crippen LogP contribution in [0.1, 0.15) is 21.8 Å². The maximum absolute atomic E-state index is 12.2. The minimum atomic E-state index is -0.121. The number of nitrogens with one attached hydrogen (secondary N) is 1. The molecule has 0 saturated carbocycles. The van der Waals surface area contributed by atoms with Crippen LogP contribution < -0.4 is 5.32 Å². The molecule has 1 heterocycles. The Bertz CT molecular complexity index is 820. The van der Waals surface area contributed by atoms with E-state index in [0.29, 0.717) is 22.4 Å². The van der Waals surface area contributed by atoms with Crippen LogP contribution in [-0.4, -0.2) is 22.4 Å². The van der Waals surface area contributed by atoms with Gasteiger partial charge in [0.25, 0.3) is 11.1 Å². The molecule has 5 nitrogen and oxygen atoms in total. The third-order valence-corrected chi connectivity index (χ3v) is 4.75. The molecule has 1 aromatic heterocycles. The zero-order chi connectivity index (χ0) is 17.5. The van der Waals surface area contributed by atoms with Gasteiger partial charge in [-0.3, -0.25) is 4.79 Å². The van der Waals surface area contributed by atoms with Crippen molar-refractivity contribution in [3.05, 3.63) is 71.6 Å². The predicted octanol–water partition coefficient (Wildman–Crippen LogP) is 4.48. The second-order valence-electron chi connectivity index (χ2n) is 5.20. The van der Waals surface area contributed by atoms with Gasteiger partial charge < -0.3 is 9.73 Å². The number of aromatic nitrogens is 2. The smallest absolute Gasteiger partial charge is 0.276 e. The highest BCUT2D eigenvalue weighted by molar-refractivity contribution is 7.98. The molecule has 0 radical (unpaired) electrons. The van der Waals surface area contributed by atoms with Gasteiger partial charge in [-0.25, -0.2) is 0 Å². The highest BCUT2D eigenvalue weighted by Crippen LogP contribution is 2.22. The van der Waals surface area contributed by atoms with E-state index in [0.717, 1.165) is 17.0 Å². The Morgan fingerprint density at radius 3 is 2.52 bits per heavy atom. The Balaban J connectivity index is 1.55. The molecule has 0 atom stereocenters. The first-order chi connectivity index (χ1) is 12.2. The normalized spacial score (nSPS) is 10.6. The van der Waals surface area contributed by atoms with E-state index >= 15 is 0 Å². The molecule has 7 heteroatoms. The molecule has 3 rings (SSSR count). The van der Waals surface area contributed by atoms with Crippen LogP contribution in [0.2, 0.25) is 0 Å². The zero-order valence-electron chi connectivity index (χ0n) is 13.6. The van der Waals surface area contributed by atoms with E-state index in [2.05, 4.69) is 15.5 Å². The topological polar surface area (TPSA) is 68.0 Å². The van der Waals surface area contributed by atoms with Gasteiger partial charge in [0, 0.05) is 17.0 Å². The fourth-order valence-corrected chi connectivity index (χ4v) is 3.20. The number of nitrogens with zero attached hydrogens (tertiary/aromatic N) is 2. The third-order valence-electron chi connectivity index (χ3n) is 3.33. The summed E-state index contributed by atoms with van der Waals surface area (Å²) in [4.78, 5) is 12.2. The number of anilines is 1. The molecule has 0 fully saturated rings. The highest BCUT2D eigenvalue weighted by Gasteiger charge is 2.08. The molecular formula is C18H17N3O2S2. The molecule has 0 aliphatic rings. The van der Waals surface area contributed by atoms with E-state index in [9.17, 15) is 4.79 Å². The van der Waals surface area contributed by atoms with E-state index in [1.165, 1.54) is 11.8 Å². The van der Waals surface area contributed by atoms with Crippen molar-refractivity contribution in [3.63, 3.8) is 0 Å². The molecule has 0 aliphatic carbocycles. The molecule has 0 unspecified atom stereocenters. The van der Waals surface area contributed by atoms with Crippen LogP contribution >= 0.6 is 23.5 Å². The number of benzene rings is 2. The van der Waals surface area contributed by atoms with Gasteiger partial charge in [-0.05, 0) is 36.1 Å². The Morgan fingerprint density at radius 1 is 1.04 bits per heavy atom. The summed E-state index contributed by atoms with van der Waals surface area (Å²) in [5, 5.41) is 11.4. The minimum Gasteiger partial charge on any atom is -0.415 e. The molecule has 1 amide bonds. The van der Waals surface area contributed by atoms with Crippen molar-refractivity contribution >= 4 is 35.1 Å². The van der Waals surface area contributed by atoms with Crippen molar-refractivity contribution < 1.29 is 9.21 Å².